The first kappa shape index (κ1) is 27.6. The third-order valence-electron chi connectivity index (χ3n) is 7.08. The van der Waals surface area contributed by atoms with Gasteiger partial charge in [0.15, 0.2) is 0 Å². The van der Waals surface area contributed by atoms with E-state index < -0.39 is 37.0 Å². The van der Waals surface area contributed by atoms with Crippen LogP contribution in [-0.2, 0) is 20.0 Å². The number of piperidine rings is 1. The number of carbonyl (C=O) groups is 1. The molecule has 0 bridgehead atoms. The van der Waals surface area contributed by atoms with E-state index in [-0.39, 0.29) is 38.9 Å². The molecule has 2 aromatic rings. The molecule has 13 heteroatoms. The molecule has 0 unspecified atom stereocenters. The van der Waals surface area contributed by atoms with E-state index in [0.29, 0.717) is 50.1 Å². The summed E-state index contributed by atoms with van der Waals surface area (Å²) in [6.45, 7) is 0.843. The minimum atomic E-state index is -3.80. The van der Waals surface area contributed by atoms with Crippen molar-refractivity contribution < 1.29 is 30.8 Å². The Morgan fingerprint density at radius 3 is 2.16 bits per heavy atom. The van der Waals surface area contributed by atoms with Crippen LogP contribution in [0.3, 0.4) is 0 Å². The van der Waals surface area contributed by atoms with Crippen molar-refractivity contribution in [3.63, 3.8) is 0 Å². The van der Waals surface area contributed by atoms with Gasteiger partial charge in [0.05, 0.1) is 22.3 Å². The van der Waals surface area contributed by atoms with Gasteiger partial charge in [-0.1, -0.05) is 23.2 Å². The van der Waals surface area contributed by atoms with E-state index in [2.05, 4.69) is 0 Å². The zero-order valence-electron chi connectivity index (χ0n) is 20.3. The zero-order valence-corrected chi connectivity index (χ0v) is 23.5. The maximum absolute atomic E-state index is 14.9. The molecule has 1 saturated heterocycles. The average Bonchev–Trinajstić information content (AvgIpc) is 3.75. The van der Waals surface area contributed by atoms with Crippen LogP contribution in [-0.4, -0.2) is 52.0 Å². The van der Waals surface area contributed by atoms with Gasteiger partial charge in [-0.3, -0.25) is 4.79 Å². The molecular weight excluding hydrogens is 578 g/mol. The molecule has 1 amide bonds. The normalized spacial score (nSPS) is 19.3. The summed E-state index contributed by atoms with van der Waals surface area (Å²) >= 11 is 12.0. The van der Waals surface area contributed by atoms with Crippen molar-refractivity contribution in [1.82, 2.24) is 9.03 Å². The second-order valence-corrected chi connectivity index (χ2v) is 14.9. The van der Waals surface area contributed by atoms with Crippen LogP contribution < -0.4 is 9.46 Å². The maximum Gasteiger partial charge on any atom is 0.267 e. The van der Waals surface area contributed by atoms with E-state index in [1.54, 1.807) is 0 Å². The summed E-state index contributed by atoms with van der Waals surface area (Å²) in [4.78, 5) is 12.6. The molecule has 0 radical (unpaired) electrons. The van der Waals surface area contributed by atoms with Gasteiger partial charge >= 0.3 is 0 Å². The molecule has 2 saturated carbocycles. The second-order valence-electron chi connectivity index (χ2n) is 10.1. The summed E-state index contributed by atoms with van der Waals surface area (Å²) in [5.41, 5.74) is 0.362. The SMILES string of the molecule is O=C(NS(=O)(=O)C1CC1)c1cc(C2CC2)c(OCC2CCN(S(=O)(=O)c3cc(Cl)cc(Cl)c3)CC2)cc1F. The summed E-state index contributed by atoms with van der Waals surface area (Å²) in [5.74, 6) is -1.33. The molecule has 3 aliphatic rings. The van der Waals surface area contributed by atoms with Crippen molar-refractivity contribution in [2.45, 2.75) is 54.6 Å². The lowest BCUT2D eigenvalue weighted by Gasteiger charge is -2.31. The Morgan fingerprint density at radius 1 is 0.947 bits per heavy atom. The van der Waals surface area contributed by atoms with Crippen molar-refractivity contribution in [1.29, 1.82) is 0 Å². The standard InChI is InChI=1S/C25H27Cl2FN2O6S2/c26-17-9-18(27)11-20(10-17)38(34,35)30-7-5-15(6-8-30)14-36-24-13-23(28)22(12-21(24)16-1-2-16)25(31)29-37(32,33)19-3-4-19/h9-13,15-16,19H,1-8,14H2,(H,29,31). The first-order valence-electron chi connectivity index (χ1n) is 12.4. The number of carbonyl (C=O) groups excluding carboxylic acids is 1. The van der Waals surface area contributed by atoms with Crippen LogP contribution in [0.1, 0.15) is 60.4 Å². The average molecular weight is 606 g/mol. The summed E-state index contributed by atoms with van der Waals surface area (Å²) in [6, 6.07) is 6.76. The number of nitrogens with one attached hydrogen (secondary N) is 1. The highest BCUT2D eigenvalue weighted by Crippen LogP contribution is 2.45. The van der Waals surface area contributed by atoms with Gasteiger partial charge in [0.25, 0.3) is 5.91 Å². The number of amides is 1. The van der Waals surface area contributed by atoms with Crippen LogP contribution in [0.4, 0.5) is 4.39 Å². The van der Waals surface area contributed by atoms with Gasteiger partial charge in [-0.15, -0.1) is 0 Å². The Morgan fingerprint density at radius 2 is 1.58 bits per heavy atom. The minimum Gasteiger partial charge on any atom is -0.493 e. The van der Waals surface area contributed by atoms with Crippen molar-refractivity contribution in [2.24, 2.45) is 5.92 Å². The molecule has 1 aliphatic heterocycles. The van der Waals surface area contributed by atoms with Gasteiger partial charge in [-0.05, 0) is 80.2 Å². The Bertz CT molecular complexity index is 1450. The number of ether oxygens (including phenoxy) is 1. The highest BCUT2D eigenvalue weighted by Gasteiger charge is 2.38. The summed E-state index contributed by atoms with van der Waals surface area (Å²) in [6.07, 6.45) is 3.82. The molecule has 1 heterocycles. The minimum absolute atomic E-state index is 0.0447. The molecule has 2 aliphatic carbocycles. The maximum atomic E-state index is 14.9. The lowest BCUT2D eigenvalue weighted by Crippen LogP contribution is -2.39. The van der Waals surface area contributed by atoms with E-state index in [4.69, 9.17) is 27.9 Å². The van der Waals surface area contributed by atoms with E-state index in [0.717, 1.165) is 18.9 Å². The number of rotatable bonds is 9. The van der Waals surface area contributed by atoms with Crippen LogP contribution in [0.2, 0.25) is 10.0 Å². The number of hydrogen-bond donors (Lipinski definition) is 1. The molecular formula is C25H27Cl2FN2O6S2. The summed E-state index contributed by atoms with van der Waals surface area (Å²) in [7, 11) is -7.55. The molecule has 206 valence electrons. The lowest BCUT2D eigenvalue weighted by atomic mass is 9.99. The molecule has 2 aromatic carbocycles. The molecule has 0 spiro atoms. The summed E-state index contributed by atoms with van der Waals surface area (Å²) < 4.78 is 74.6. The van der Waals surface area contributed by atoms with E-state index in [1.807, 2.05) is 4.72 Å². The third-order valence-corrected chi connectivity index (χ3v) is 11.2. The Kier molecular flexibility index (Phi) is 7.69. The van der Waals surface area contributed by atoms with Crippen LogP contribution >= 0.6 is 23.2 Å². The Balaban J connectivity index is 1.23. The molecule has 8 nitrogen and oxygen atoms in total. The van der Waals surface area contributed by atoms with Gasteiger partial charge in [0, 0.05) is 29.2 Å². The predicted molar refractivity (Wildman–Crippen MR) is 141 cm³/mol. The Hall–Kier alpha value is -1.92. The summed E-state index contributed by atoms with van der Waals surface area (Å²) in [5, 5.41) is -0.109. The number of halogens is 3. The third kappa shape index (κ3) is 6.12. The molecule has 3 fully saturated rings. The monoisotopic (exact) mass is 604 g/mol. The van der Waals surface area contributed by atoms with Gasteiger partial charge in [0.1, 0.15) is 11.6 Å². The number of hydrogen-bond acceptors (Lipinski definition) is 6. The quantitative estimate of drug-likeness (QED) is 0.444. The van der Waals surface area contributed by atoms with Gasteiger partial charge in [0.2, 0.25) is 20.0 Å². The fraction of sp³-hybridized carbons (Fsp3) is 0.480. The smallest absolute Gasteiger partial charge is 0.267 e. The van der Waals surface area contributed by atoms with Crippen LogP contribution in [0.25, 0.3) is 0 Å². The molecule has 5 rings (SSSR count). The van der Waals surface area contributed by atoms with Crippen molar-refractivity contribution in [2.75, 3.05) is 19.7 Å². The van der Waals surface area contributed by atoms with Crippen LogP contribution in [0.5, 0.6) is 5.75 Å². The molecule has 38 heavy (non-hydrogen) atoms. The van der Waals surface area contributed by atoms with E-state index >= 15 is 0 Å². The van der Waals surface area contributed by atoms with Gasteiger partial charge in [-0.25, -0.2) is 25.9 Å². The first-order valence-corrected chi connectivity index (χ1v) is 16.2. The lowest BCUT2D eigenvalue weighted by molar-refractivity contribution is 0.0977. The van der Waals surface area contributed by atoms with Gasteiger partial charge < -0.3 is 4.74 Å². The highest BCUT2D eigenvalue weighted by atomic mass is 35.5. The second kappa shape index (κ2) is 10.6. The van der Waals surface area contributed by atoms with Crippen molar-refractivity contribution in [3.8, 4) is 5.75 Å². The van der Waals surface area contributed by atoms with Crippen molar-refractivity contribution >= 4 is 49.2 Å². The largest absolute Gasteiger partial charge is 0.493 e. The number of sulfonamides is 2. The number of nitrogens with zero attached hydrogens (tertiary/aromatic N) is 1. The molecule has 0 atom stereocenters. The molecule has 0 aromatic heterocycles. The van der Waals surface area contributed by atoms with Gasteiger partial charge in [-0.2, -0.15) is 4.31 Å². The van der Waals surface area contributed by atoms with E-state index in [1.165, 1.54) is 28.6 Å². The fourth-order valence-corrected chi connectivity index (χ4v) is 8.07. The zero-order chi connectivity index (χ0) is 27.2. The van der Waals surface area contributed by atoms with Crippen LogP contribution in [0.15, 0.2) is 35.2 Å². The fourth-order valence-electron chi connectivity index (χ4n) is 4.58. The van der Waals surface area contributed by atoms with E-state index in [9.17, 15) is 26.0 Å². The predicted octanol–water partition coefficient (Wildman–Crippen LogP) is 4.71. The topological polar surface area (TPSA) is 110 Å². The highest BCUT2D eigenvalue weighted by molar-refractivity contribution is 7.91. The molecule has 1 N–H and O–H groups in total. The van der Waals surface area contributed by atoms with Crippen LogP contribution in [0, 0.1) is 11.7 Å². The number of benzene rings is 2. The first-order chi connectivity index (χ1) is 17.9. The van der Waals surface area contributed by atoms with Crippen molar-refractivity contribution in [3.05, 3.63) is 57.3 Å². The Labute approximate surface area is 231 Å².